The molecule has 5 nitrogen and oxygen atoms in total. The third-order valence-electron chi connectivity index (χ3n) is 3.15. The molecular formula is C10H18N2O3. The molecule has 1 atom stereocenters. The zero-order valence-electron chi connectivity index (χ0n) is 8.95. The predicted molar refractivity (Wildman–Crippen MR) is 55.2 cm³/mol. The van der Waals surface area contributed by atoms with Crippen LogP contribution in [0.25, 0.3) is 0 Å². The molecule has 4 N–H and O–H groups in total. The van der Waals surface area contributed by atoms with Gasteiger partial charge in [-0.2, -0.15) is 0 Å². The number of aliphatic carboxylic acids is 1. The summed E-state index contributed by atoms with van der Waals surface area (Å²) in [7, 11) is 0. The Bertz CT molecular complexity index is 259. The van der Waals surface area contributed by atoms with Crippen molar-refractivity contribution >= 4 is 11.9 Å². The van der Waals surface area contributed by atoms with Crippen molar-refractivity contribution in [2.45, 2.75) is 38.6 Å². The van der Waals surface area contributed by atoms with E-state index in [0.717, 1.165) is 25.7 Å². The van der Waals surface area contributed by atoms with E-state index in [1.54, 1.807) is 0 Å². The molecule has 0 aromatic heterocycles. The Morgan fingerprint density at radius 2 is 2.00 bits per heavy atom. The quantitative estimate of drug-likeness (QED) is 0.618. The van der Waals surface area contributed by atoms with Crippen molar-refractivity contribution in [3.63, 3.8) is 0 Å². The van der Waals surface area contributed by atoms with E-state index in [2.05, 4.69) is 5.32 Å². The Morgan fingerprint density at radius 1 is 1.47 bits per heavy atom. The lowest BCUT2D eigenvalue weighted by molar-refractivity contribution is -0.143. The van der Waals surface area contributed by atoms with E-state index in [-0.39, 0.29) is 5.91 Å². The summed E-state index contributed by atoms with van der Waals surface area (Å²) < 4.78 is 0. The molecule has 0 aromatic rings. The molecule has 0 heterocycles. The van der Waals surface area contributed by atoms with Gasteiger partial charge in [0.1, 0.15) is 6.04 Å². The number of carbonyl (C=O) groups excluding carboxylic acids is 1. The monoisotopic (exact) mass is 214 g/mol. The molecular weight excluding hydrogens is 196 g/mol. The smallest absolute Gasteiger partial charge is 0.325 e. The number of nitrogens with two attached hydrogens (primary N) is 1. The second-order valence-electron chi connectivity index (χ2n) is 4.22. The number of carbonyl (C=O) groups is 2. The molecule has 1 saturated carbocycles. The highest BCUT2D eigenvalue weighted by molar-refractivity contribution is 5.87. The highest BCUT2D eigenvalue weighted by Gasteiger charge is 2.40. The minimum absolute atomic E-state index is 0.211. The highest BCUT2D eigenvalue weighted by Crippen LogP contribution is 2.37. The Balaban J connectivity index is 2.62. The molecule has 1 amide bonds. The molecule has 0 bridgehead atoms. The van der Waals surface area contributed by atoms with Crippen LogP contribution in [-0.2, 0) is 9.59 Å². The summed E-state index contributed by atoms with van der Waals surface area (Å²) in [5.41, 5.74) is 5.09. The van der Waals surface area contributed by atoms with Gasteiger partial charge in [-0.25, -0.2) is 0 Å². The summed E-state index contributed by atoms with van der Waals surface area (Å²) in [4.78, 5) is 22.5. The van der Waals surface area contributed by atoms with Gasteiger partial charge < -0.3 is 16.2 Å². The maximum Gasteiger partial charge on any atom is 0.325 e. The lowest BCUT2D eigenvalue weighted by Crippen LogP contribution is -2.49. The first kappa shape index (κ1) is 12.0. The zero-order chi connectivity index (χ0) is 11.5. The normalized spacial score (nSPS) is 20.9. The fourth-order valence-electron chi connectivity index (χ4n) is 1.99. The largest absolute Gasteiger partial charge is 0.480 e. The molecule has 1 rings (SSSR count). The summed E-state index contributed by atoms with van der Waals surface area (Å²) in [6.45, 7) is 1.75. The SMILES string of the molecule is C[C@H](NC(=O)C1(CN)CCCC1)C(=O)O. The second kappa shape index (κ2) is 4.61. The molecule has 0 saturated heterocycles. The van der Waals surface area contributed by atoms with E-state index in [4.69, 9.17) is 10.8 Å². The van der Waals surface area contributed by atoms with Crippen LogP contribution in [0.3, 0.4) is 0 Å². The number of hydrogen-bond donors (Lipinski definition) is 3. The van der Waals surface area contributed by atoms with Gasteiger partial charge in [-0.05, 0) is 19.8 Å². The molecule has 0 aliphatic heterocycles. The van der Waals surface area contributed by atoms with Crippen molar-refractivity contribution in [1.29, 1.82) is 0 Å². The number of hydrogen-bond acceptors (Lipinski definition) is 3. The summed E-state index contributed by atoms with van der Waals surface area (Å²) in [6.07, 6.45) is 3.52. The van der Waals surface area contributed by atoms with Gasteiger partial charge >= 0.3 is 5.97 Å². The van der Waals surface area contributed by atoms with Crippen molar-refractivity contribution < 1.29 is 14.7 Å². The average molecular weight is 214 g/mol. The van der Waals surface area contributed by atoms with E-state index in [0.29, 0.717) is 6.54 Å². The van der Waals surface area contributed by atoms with Gasteiger partial charge in [0.25, 0.3) is 0 Å². The van der Waals surface area contributed by atoms with Crippen molar-refractivity contribution in [1.82, 2.24) is 5.32 Å². The fraction of sp³-hybridized carbons (Fsp3) is 0.800. The van der Waals surface area contributed by atoms with Gasteiger partial charge in [-0.3, -0.25) is 9.59 Å². The molecule has 0 radical (unpaired) electrons. The Hall–Kier alpha value is -1.10. The molecule has 15 heavy (non-hydrogen) atoms. The fourth-order valence-corrected chi connectivity index (χ4v) is 1.99. The lowest BCUT2D eigenvalue weighted by atomic mass is 9.85. The van der Waals surface area contributed by atoms with Crippen LogP contribution in [0.2, 0.25) is 0 Å². The van der Waals surface area contributed by atoms with E-state index in [1.165, 1.54) is 6.92 Å². The molecule has 0 unspecified atom stereocenters. The minimum Gasteiger partial charge on any atom is -0.480 e. The third kappa shape index (κ3) is 2.47. The van der Waals surface area contributed by atoms with Crippen LogP contribution in [0.4, 0.5) is 0 Å². The lowest BCUT2D eigenvalue weighted by Gasteiger charge is -2.26. The number of nitrogens with one attached hydrogen (secondary N) is 1. The van der Waals surface area contributed by atoms with Crippen molar-refractivity contribution in [2.24, 2.45) is 11.1 Å². The Morgan fingerprint density at radius 3 is 2.40 bits per heavy atom. The highest BCUT2D eigenvalue weighted by atomic mass is 16.4. The molecule has 5 heteroatoms. The van der Waals surface area contributed by atoms with Crippen LogP contribution >= 0.6 is 0 Å². The third-order valence-corrected chi connectivity index (χ3v) is 3.15. The number of rotatable bonds is 4. The van der Waals surface area contributed by atoms with E-state index < -0.39 is 17.4 Å². The first-order chi connectivity index (χ1) is 7.02. The van der Waals surface area contributed by atoms with E-state index in [9.17, 15) is 9.59 Å². The van der Waals surface area contributed by atoms with E-state index >= 15 is 0 Å². The van der Waals surface area contributed by atoms with Gasteiger partial charge in [0.05, 0.1) is 5.41 Å². The van der Waals surface area contributed by atoms with Crippen LogP contribution in [0.5, 0.6) is 0 Å². The summed E-state index contributed by atoms with van der Waals surface area (Å²) in [5.74, 6) is -1.23. The predicted octanol–water partition coefficient (Wildman–Crippen LogP) is 0.0948. The second-order valence-corrected chi connectivity index (χ2v) is 4.22. The van der Waals surface area contributed by atoms with Crippen molar-refractivity contribution in [3.8, 4) is 0 Å². The topological polar surface area (TPSA) is 92.4 Å². The summed E-state index contributed by atoms with van der Waals surface area (Å²) in [5, 5.41) is 11.2. The van der Waals surface area contributed by atoms with Crippen LogP contribution in [-0.4, -0.2) is 29.6 Å². The van der Waals surface area contributed by atoms with Crippen LogP contribution < -0.4 is 11.1 Å². The molecule has 0 aromatic carbocycles. The number of carboxylic acid groups (broad SMARTS) is 1. The van der Waals surface area contributed by atoms with Crippen LogP contribution in [0.15, 0.2) is 0 Å². The van der Waals surface area contributed by atoms with Gasteiger partial charge in [-0.1, -0.05) is 12.8 Å². The number of amides is 1. The number of carboxylic acids is 1. The summed E-state index contributed by atoms with van der Waals surface area (Å²) in [6, 6.07) is -0.846. The van der Waals surface area contributed by atoms with Crippen molar-refractivity contribution in [2.75, 3.05) is 6.54 Å². The maximum atomic E-state index is 11.9. The van der Waals surface area contributed by atoms with Gasteiger partial charge in [-0.15, -0.1) is 0 Å². The molecule has 1 fully saturated rings. The van der Waals surface area contributed by atoms with Crippen LogP contribution in [0.1, 0.15) is 32.6 Å². The molecule has 86 valence electrons. The molecule has 1 aliphatic rings. The maximum absolute atomic E-state index is 11.9. The molecule has 1 aliphatic carbocycles. The standard InChI is InChI=1S/C10H18N2O3/c1-7(8(13)14)12-9(15)10(6-11)4-2-3-5-10/h7H,2-6,11H2,1H3,(H,12,15)(H,13,14)/t7-/m0/s1. The first-order valence-electron chi connectivity index (χ1n) is 5.26. The van der Waals surface area contributed by atoms with E-state index in [1.807, 2.05) is 0 Å². The summed E-state index contributed by atoms with van der Waals surface area (Å²) >= 11 is 0. The van der Waals surface area contributed by atoms with Gasteiger partial charge in [0.15, 0.2) is 0 Å². The average Bonchev–Trinajstić information content (AvgIpc) is 2.66. The Kier molecular flexibility index (Phi) is 3.68. The van der Waals surface area contributed by atoms with Gasteiger partial charge in [0.2, 0.25) is 5.91 Å². The Labute approximate surface area is 89.0 Å². The zero-order valence-corrected chi connectivity index (χ0v) is 8.95. The first-order valence-corrected chi connectivity index (χ1v) is 5.26. The van der Waals surface area contributed by atoms with Gasteiger partial charge in [0, 0.05) is 6.54 Å². The molecule has 0 spiro atoms. The minimum atomic E-state index is -1.02. The van der Waals surface area contributed by atoms with Crippen LogP contribution in [0, 0.1) is 5.41 Å². The van der Waals surface area contributed by atoms with Crippen molar-refractivity contribution in [3.05, 3.63) is 0 Å².